The van der Waals surface area contributed by atoms with Crippen LogP contribution in [0.15, 0.2) is 55.3 Å². The van der Waals surface area contributed by atoms with E-state index in [4.69, 9.17) is 16.3 Å². The first-order chi connectivity index (χ1) is 14.0. The predicted molar refractivity (Wildman–Crippen MR) is 112 cm³/mol. The van der Waals surface area contributed by atoms with Crippen molar-refractivity contribution >= 4 is 40.4 Å². The SMILES string of the molecule is C=CCNc1cc(F)ccc1Nc1nc(Nc2ccc(F)cc2OC)ncc1Cl. The molecule has 0 aliphatic heterocycles. The molecule has 1 heterocycles. The van der Waals surface area contributed by atoms with Crippen molar-refractivity contribution in [2.45, 2.75) is 0 Å². The van der Waals surface area contributed by atoms with Crippen LogP contribution < -0.4 is 20.7 Å². The third-order valence-electron chi connectivity index (χ3n) is 3.83. The number of nitrogens with zero attached hydrogens (tertiary/aromatic N) is 2. The van der Waals surface area contributed by atoms with Crippen LogP contribution in [0.5, 0.6) is 5.75 Å². The summed E-state index contributed by atoms with van der Waals surface area (Å²) in [6.07, 6.45) is 3.07. The van der Waals surface area contributed by atoms with Gasteiger partial charge in [0.25, 0.3) is 0 Å². The van der Waals surface area contributed by atoms with E-state index in [1.54, 1.807) is 12.1 Å². The first kappa shape index (κ1) is 20.3. The predicted octanol–water partition coefficient (Wildman–Crippen LogP) is 5.50. The minimum absolute atomic E-state index is 0.213. The van der Waals surface area contributed by atoms with Gasteiger partial charge in [-0.15, -0.1) is 6.58 Å². The van der Waals surface area contributed by atoms with Gasteiger partial charge in [-0.25, -0.2) is 13.8 Å². The van der Waals surface area contributed by atoms with Gasteiger partial charge in [0.2, 0.25) is 5.95 Å². The summed E-state index contributed by atoms with van der Waals surface area (Å²) in [5.41, 5.74) is 1.57. The number of anilines is 5. The molecule has 0 radical (unpaired) electrons. The highest BCUT2D eigenvalue weighted by Crippen LogP contribution is 2.31. The molecule has 9 heteroatoms. The standard InChI is InChI=1S/C20H18ClF2N5O/c1-3-8-24-17-9-12(22)4-6-15(17)26-19-14(21)11-25-20(28-19)27-16-7-5-13(23)10-18(16)29-2/h3-7,9-11,24H,1,8H2,2H3,(H2,25,26,27,28). The molecule has 0 saturated heterocycles. The largest absolute Gasteiger partial charge is 0.494 e. The Bertz CT molecular complexity index is 1030. The molecule has 0 aliphatic carbocycles. The van der Waals surface area contributed by atoms with Gasteiger partial charge < -0.3 is 20.7 Å². The van der Waals surface area contributed by atoms with E-state index in [0.29, 0.717) is 35.2 Å². The van der Waals surface area contributed by atoms with Gasteiger partial charge in [0.05, 0.1) is 30.4 Å². The number of nitrogens with one attached hydrogen (secondary N) is 3. The summed E-state index contributed by atoms with van der Waals surface area (Å²) in [5, 5.41) is 9.33. The topological polar surface area (TPSA) is 71.1 Å². The quantitative estimate of drug-likeness (QED) is 0.420. The van der Waals surface area contributed by atoms with E-state index in [0.717, 1.165) is 0 Å². The second-order valence-electron chi connectivity index (χ2n) is 5.84. The Morgan fingerprint density at radius 1 is 1.07 bits per heavy atom. The molecule has 0 aliphatic rings. The summed E-state index contributed by atoms with van der Waals surface area (Å²) in [7, 11) is 1.43. The zero-order valence-corrected chi connectivity index (χ0v) is 16.2. The maximum absolute atomic E-state index is 13.6. The highest BCUT2D eigenvalue weighted by molar-refractivity contribution is 6.33. The number of halogens is 3. The Morgan fingerprint density at radius 2 is 1.79 bits per heavy atom. The molecule has 3 aromatic rings. The maximum Gasteiger partial charge on any atom is 0.229 e. The molecule has 0 bridgehead atoms. The summed E-state index contributed by atoms with van der Waals surface area (Å²) < 4.78 is 32.1. The first-order valence-corrected chi connectivity index (χ1v) is 8.92. The number of benzene rings is 2. The van der Waals surface area contributed by atoms with Crippen molar-refractivity contribution < 1.29 is 13.5 Å². The Labute approximate surface area is 171 Å². The number of hydrogen-bond donors (Lipinski definition) is 3. The Kier molecular flexibility index (Phi) is 6.46. The van der Waals surface area contributed by atoms with Gasteiger partial charge in [-0.05, 0) is 30.3 Å². The minimum atomic E-state index is -0.428. The van der Waals surface area contributed by atoms with Gasteiger partial charge in [-0.3, -0.25) is 0 Å². The fraction of sp³-hybridized carbons (Fsp3) is 0.100. The fourth-order valence-electron chi connectivity index (χ4n) is 2.49. The molecule has 2 aromatic carbocycles. The molecule has 3 N–H and O–H groups in total. The van der Waals surface area contributed by atoms with Gasteiger partial charge in [-0.2, -0.15) is 4.98 Å². The van der Waals surface area contributed by atoms with Crippen molar-refractivity contribution in [1.29, 1.82) is 0 Å². The van der Waals surface area contributed by atoms with E-state index in [1.165, 1.54) is 43.6 Å². The zero-order chi connectivity index (χ0) is 20.8. The van der Waals surface area contributed by atoms with E-state index in [-0.39, 0.29) is 16.8 Å². The van der Waals surface area contributed by atoms with E-state index < -0.39 is 5.82 Å². The van der Waals surface area contributed by atoms with Crippen LogP contribution >= 0.6 is 11.6 Å². The molecule has 0 saturated carbocycles. The van der Waals surface area contributed by atoms with Crippen LogP contribution in [0.4, 0.5) is 37.6 Å². The third kappa shape index (κ3) is 5.11. The van der Waals surface area contributed by atoms with Crippen LogP contribution in [-0.2, 0) is 0 Å². The molecule has 1 aromatic heterocycles. The summed E-state index contributed by atoms with van der Waals surface area (Å²) in [4.78, 5) is 8.48. The Morgan fingerprint density at radius 3 is 2.52 bits per heavy atom. The summed E-state index contributed by atoms with van der Waals surface area (Å²) in [6.45, 7) is 4.09. The van der Waals surface area contributed by atoms with Crippen LogP contribution in [0, 0.1) is 11.6 Å². The molecular weight excluding hydrogens is 400 g/mol. The number of aromatic nitrogens is 2. The van der Waals surface area contributed by atoms with Gasteiger partial charge in [0.1, 0.15) is 22.4 Å². The van der Waals surface area contributed by atoms with Gasteiger partial charge in [0.15, 0.2) is 5.82 Å². The number of rotatable bonds is 8. The molecule has 0 spiro atoms. The van der Waals surface area contributed by atoms with Crippen LogP contribution in [-0.4, -0.2) is 23.6 Å². The lowest BCUT2D eigenvalue weighted by Gasteiger charge is -2.15. The number of hydrogen-bond acceptors (Lipinski definition) is 6. The zero-order valence-electron chi connectivity index (χ0n) is 15.5. The summed E-state index contributed by atoms with van der Waals surface area (Å²) in [6, 6.07) is 8.28. The first-order valence-electron chi connectivity index (χ1n) is 8.54. The molecule has 150 valence electrons. The third-order valence-corrected chi connectivity index (χ3v) is 4.10. The van der Waals surface area contributed by atoms with E-state index in [1.807, 2.05) is 0 Å². The monoisotopic (exact) mass is 417 g/mol. The second kappa shape index (κ2) is 9.20. The molecule has 6 nitrogen and oxygen atoms in total. The minimum Gasteiger partial charge on any atom is -0.494 e. The van der Waals surface area contributed by atoms with Crippen LogP contribution in [0.2, 0.25) is 5.02 Å². The highest BCUT2D eigenvalue weighted by atomic mass is 35.5. The lowest BCUT2D eigenvalue weighted by molar-refractivity contribution is 0.413. The van der Waals surface area contributed by atoms with E-state index in [2.05, 4.69) is 32.5 Å². The molecule has 0 atom stereocenters. The van der Waals surface area contributed by atoms with Crippen LogP contribution in [0.1, 0.15) is 0 Å². The van der Waals surface area contributed by atoms with Crippen LogP contribution in [0.3, 0.4) is 0 Å². The van der Waals surface area contributed by atoms with E-state index in [9.17, 15) is 8.78 Å². The van der Waals surface area contributed by atoms with E-state index >= 15 is 0 Å². The molecule has 0 fully saturated rings. The van der Waals surface area contributed by atoms with Crippen molar-refractivity contribution in [3.8, 4) is 5.75 Å². The smallest absolute Gasteiger partial charge is 0.229 e. The van der Waals surface area contributed by atoms with Crippen molar-refractivity contribution in [3.63, 3.8) is 0 Å². The average molecular weight is 418 g/mol. The lowest BCUT2D eigenvalue weighted by Crippen LogP contribution is -2.05. The lowest BCUT2D eigenvalue weighted by atomic mass is 10.2. The van der Waals surface area contributed by atoms with Crippen molar-refractivity contribution in [3.05, 3.63) is 71.9 Å². The Balaban J connectivity index is 1.88. The van der Waals surface area contributed by atoms with Crippen molar-refractivity contribution in [1.82, 2.24) is 9.97 Å². The molecule has 0 amide bonds. The van der Waals surface area contributed by atoms with Gasteiger partial charge in [-0.1, -0.05) is 17.7 Å². The molecule has 29 heavy (non-hydrogen) atoms. The van der Waals surface area contributed by atoms with Crippen LogP contribution in [0.25, 0.3) is 0 Å². The molecular formula is C20H18ClF2N5O. The highest BCUT2D eigenvalue weighted by Gasteiger charge is 2.12. The average Bonchev–Trinajstić information content (AvgIpc) is 2.71. The Hall–Kier alpha value is -3.39. The van der Waals surface area contributed by atoms with Crippen molar-refractivity contribution in [2.75, 3.05) is 29.6 Å². The molecule has 0 unspecified atom stereocenters. The summed E-state index contributed by atoms with van der Waals surface area (Å²) in [5.74, 6) is -0.000155. The summed E-state index contributed by atoms with van der Waals surface area (Å²) >= 11 is 6.22. The molecule has 3 rings (SSSR count). The normalized spacial score (nSPS) is 10.3. The van der Waals surface area contributed by atoms with Gasteiger partial charge >= 0.3 is 0 Å². The fourth-order valence-corrected chi connectivity index (χ4v) is 2.62. The van der Waals surface area contributed by atoms with Gasteiger partial charge in [0, 0.05) is 12.6 Å². The second-order valence-corrected chi connectivity index (χ2v) is 6.25. The van der Waals surface area contributed by atoms with Crippen molar-refractivity contribution in [2.24, 2.45) is 0 Å². The number of methoxy groups -OCH3 is 1. The maximum atomic E-state index is 13.6. The number of ether oxygens (including phenoxy) is 1.